The molecule has 0 aliphatic carbocycles. The summed E-state index contributed by atoms with van der Waals surface area (Å²) in [6.07, 6.45) is 5.70. The maximum absolute atomic E-state index is 11.6. The van der Waals surface area contributed by atoms with Gasteiger partial charge in [0, 0.05) is 18.9 Å². The highest BCUT2D eigenvalue weighted by Gasteiger charge is 2.27. The Bertz CT molecular complexity index is 318. The Morgan fingerprint density at radius 3 is 3.15 bits per heavy atom. The Morgan fingerprint density at radius 1 is 1.62 bits per heavy atom. The van der Waals surface area contributed by atoms with Crippen LogP contribution in [0.25, 0.3) is 0 Å². The van der Waals surface area contributed by atoms with Crippen LogP contribution in [-0.4, -0.2) is 26.9 Å². The molecule has 0 saturated heterocycles. The van der Waals surface area contributed by atoms with E-state index in [1.807, 2.05) is 15.7 Å². The summed E-state index contributed by atoms with van der Waals surface area (Å²) in [6, 6.07) is 0. The molecule has 1 amide bonds. The molecule has 0 fully saturated rings. The van der Waals surface area contributed by atoms with Crippen LogP contribution in [0.5, 0.6) is 0 Å². The number of unbranched alkanes of at least 4 members (excludes halogenated alkanes) is 1. The van der Waals surface area contributed by atoms with E-state index in [2.05, 4.69) is 11.9 Å². The van der Waals surface area contributed by atoms with Crippen LogP contribution < -0.4 is 0 Å². The van der Waals surface area contributed by atoms with Crippen LogP contribution in [0.3, 0.4) is 0 Å². The second-order valence-corrected chi connectivity index (χ2v) is 3.28. The van der Waals surface area contributed by atoms with E-state index in [9.17, 15) is 4.79 Å². The van der Waals surface area contributed by atoms with E-state index in [0.29, 0.717) is 12.5 Å². The lowest BCUT2D eigenvalue weighted by atomic mass is 10.3. The monoisotopic (exact) mass is 179 g/mol. The molecule has 4 heteroatoms. The predicted octanol–water partition coefficient (Wildman–Crippen LogP) is 1.10. The van der Waals surface area contributed by atoms with Gasteiger partial charge in [0.15, 0.2) is 0 Å². The molecule has 0 radical (unpaired) electrons. The third-order valence-corrected chi connectivity index (χ3v) is 2.30. The van der Waals surface area contributed by atoms with Gasteiger partial charge in [-0.15, -0.1) is 0 Å². The zero-order valence-electron chi connectivity index (χ0n) is 7.73. The Labute approximate surface area is 77.2 Å². The normalized spacial score (nSPS) is 15.2. The zero-order chi connectivity index (χ0) is 9.26. The highest BCUT2D eigenvalue weighted by atomic mass is 16.2. The second kappa shape index (κ2) is 3.20. The minimum absolute atomic E-state index is 0.0680. The second-order valence-electron chi connectivity index (χ2n) is 3.28. The number of imidazole rings is 1. The predicted molar refractivity (Wildman–Crippen MR) is 48.2 cm³/mol. The standard InChI is InChI=1S/C9H13N3O/c1-2-3-5-12-7-11-6-4-10-8(11)9(12)13/h4,6H,2-3,5,7H2,1H3. The fourth-order valence-corrected chi connectivity index (χ4v) is 1.53. The lowest BCUT2D eigenvalue weighted by Crippen LogP contribution is -2.25. The highest BCUT2D eigenvalue weighted by Crippen LogP contribution is 2.13. The molecule has 0 N–H and O–H groups in total. The van der Waals surface area contributed by atoms with E-state index < -0.39 is 0 Å². The van der Waals surface area contributed by atoms with Crippen molar-refractivity contribution >= 4 is 5.91 Å². The summed E-state index contributed by atoms with van der Waals surface area (Å²) in [5.41, 5.74) is 0. The van der Waals surface area contributed by atoms with Crippen LogP contribution in [0.4, 0.5) is 0 Å². The molecule has 70 valence electrons. The Balaban J connectivity index is 2.06. The number of carbonyl (C=O) groups is 1. The number of aromatic nitrogens is 2. The number of hydrogen-bond acceptors (Lipinski definition) is 2. The first kappa shape index (κ1) is 8.29. The Hall–Kier alpha value is -1.32. The number of amides is 1. The van der Waals surface area contributed by atoms with Gasteiger partial charge >= 0.3 is 0 Å². The van der Waals surface area contributed by atoms with Crippen LogP contribution >= 0.6 is 0 Å². The van der Waals surface area contributed by atoms with Crippen LogP contribution in [0, 0.1) is 0 Å². The number of hydrogen-bond donors (Lipinski definition) is 0. The van der Waals surface area contributed by atoms with E-state index in [1.54, 1.807) is 6.20 Å². The van der Waals surface area contributed by atoms with E-state index in [-0.39, 0.29) is 5.91 Å². The van der Waals surface area contributed by atoms with Gasteiger partial charge in [0.1, 0.15) is 0 Å². The first-order chi connectivity index (χ1) is 6.33. The molecule has 1 aliphatic rings. The average molecular weight is 179 g/mol. The molecule has 13 heavy (non-hydrogen) atoms. The van der Waals surface area contributed by atoms with Gasteiger partial charge in [-0.2, -0.15) is 0 Å². The highest BCUT2D eigenvalue weighted by molar-refractivity contribution is 5.92. The van der Waals surface area contributed by atoms with Crippen molar-refractivity contribution in [2.45, 2.75) is 26.4 Å². The van der Waals surface area contributed by atoms with Crippen molar-refractivity contribution < 1.29 is 4.79 Å². The third kappa shape index (κ3) is 1.32. The molecule has 1 aromatic rings. The van der Waals surface area contributed by atoms with Crippen LogP contribution in [0.1, 0.15) is 30.4 Å². The first-order valence-corrected chi connectivity index (χ1v) is 4.63. The summed E-state index contributed by atoms with van der Waals surface area (Å²) in [5, 5.41) is 0. The van der Waals surface area contributed by atoms with Crippen LogP contribution in [0.15, 0.2) is 12.4 Å². The van der Waals surface area contributed by atoms with Gasteiger partial charge < -0.3 is 9.47 Å². The molecular formula is C9H13N3O. The number of carbonyl (C=O) groups excluding carboxylic acids is 1. The molecule has 0 saturated carbocycles. The molecule has 0 unspecified atom stereocenters. The molecule has 0 bridgehead atoms. The zero-order valence-corrected chi connectivity index (χ0v) is 7.73. The topological polar surface area (TPSA) is 38.1 Å². The summed E-state index contributed by atoms with van der Waals surface area (Å²) in [7, 11) is 0. The summed E-state index contributed by atoms with van der Waals surface area (Å²) in [5.74, 6) is 0.648. The first-order valence-electron chi connectivity index (χ1n) is 4.63. The number of fused-ring (bicyclic) bond motifs is 1. The molecule has 4 nitrogen and oxygen atoms in total. The van der Waals surface area contributed by atoms with Gasteiger partial charge in [-0.05, 0) is 6.42 Å². The van der Waals surface area contributed by atoms with Gasteiger partial charge in [0.25, 0.3) is 5.91 Å². The van der Waals surface area contributed by atoms with E-state index >= 15 is 0 Å². The molecular weight excluding hydrogens is 166 g/mol. The van der Waals surface area contributed by atoms with Gasteiger partial charge in [-0.25, -0.2) is 4.98 Å². The van der Waals surface area contributed by atoms with Crippen LogP contribution in [0.2, 0.25) is 0 Å². The SMILES string of the molecule is CCCCN1Cn2ccnc2C1=O. The van der Waals surface area contributed by atoms with Crippen molar-refractivity contribution in [1.29, 1.82) is 0 Å². The van der Waals surface area contributed by atoms with Gasteiger partial charge in [-0.1, -0.05) is 13.3 Å². The summed E-state index contributed by atoms with van der Waals surface area (Å²) >= 11 is 0. The van der Waals surface area contributed by atoms with Gasteiger partial charge in [0.2, 0.25) is 5.82 Å². The molecule has 0 atom stereocenters. The van der Waals surface area contributed by atoms with Crippen molar-refractivity contribution in [3.8, 4) is 0 Å². The van der Waals surface area contributed by atoms with Crippen molar-refractivity contribution in [3.63, 3.8) is 0 Å². The fraction of sp³-hybridized carbons (Fsp3) is 0.556. The fourth-order valence-electron chi connectivity index (χ4n) is 1.53. The Kier molecular flexibility index (Phi) is 2.04. The van der Waals surface area contributed by atoms with Gasteiger partial charge in [0.05, 0.1) is 6.67 Å². The summed E-state index contributed by atoms with van der Waals surface area (Å²) in [6.45, 7) is 3.64. The summed E-state index contributed by atoms with van der Waals surface area (Å²) < 4.78 is 1.89. The van der Waals surface area contributed by atoms with E-state index in [1.165, 1.54) is 0 Å². The maximum atomic E-state index is 11.6. The lowest BCUT2D eigenvalue weighted by Gasteiger charge is -2.13. The molecule has 2 rings (SSSR count). The van der Waals surface area contributed by atoms with Crippen molar-refractivity contribution in [2.24, 2.45) is 0 Å². The van der Waals surface area contributed by atoms with Crippen molar-refractivity contribution in [1.82, 2.24) is 14.5 Å². The van der Waals surface area contributed by atoms with Crippen molar-refractivity contribution in [2.75, 3.05) is 6.54 Å². The Morgan fingerprint density at radius 2 is 2.46 bits per heavy atom. The van der Waals surface area contributed by atoms with Crippen molar-refractivity contribution in [3.05, 3.63) is 18.2 Å². The number of nitrogens with zero attached hydrogens (tertiary/aromatic N) is 3. The third-order valence-electron chi connectivity index (χ3n) is 2.30. The molecule has 0 spiro atoms. The minimum Gasteiger partial charge on any atom is -0.318 e. The van der Waals surface area contributed by atoms with E-state index in [0.717, 1.165) is 19.4 Å². The quantitative estimate of drug-likeness (QED) is 0.696. The van der Waals surface area contributed by atoms with E-state index in [4.69, 9.17) is 0 Å². The molecule has 1 aromatic heterocycles. The van der Waals surface area contributed by atoms with Gasteiger partial charge in [-0.3, -0.25) is 4.79 Å². The molecule has 1 aliphatic heterocycles. The molecule has 2 heterocycles. The maximum Gasteiger partial charge on any atom is 0.291 e. The number of rotatable bonds is 3. The largest absolute Gasteiger partial charge is 0.318 e. The lowest BCUT2D eigenvalue weighted by molar-refractivity contribution is 0.0763. The average Bonchev–Trinajstić information content (AvgIpc) is 2.67. The smallest absolute Gasteiger partial charge is 0.291 e. The summed E-state index contributed by atoms with van der Waals surface area (Å²) in [4.78, 5) is 17.5. The minimum atomic E-state index is 0.0680. The molecule has 0 aromatic carbocycles. The van der Waals surface area contributed by atoms with Crippen LogP contribution in [-0.2, 0) is 6.67 Å².